The van der Waals surface area contributed by atoms with Crippen LogP contribution >= 0.6 is 11.8 Å². The van der Waals surface area contributed by atoms with Crippen LogP contribution in [0.5, 0.6) is 0 Å². The minimum absolute atomic E-state index is 0.0245. The fourth-order valence-electron chi connectivity index (χ4n) is 4.35. The quantitative estimate of drug-likeness (QED) is 0.437. The maximum atomic E-state index is 13.2. The van der Waals surface area contributed by atoms with Crippen LogP contribution < -0.4 is 0 Å². The van der Waals surface area contributed by atoms with E-state index in [1.165, 1.54) is 12.1 Å². The van der Waals surface area contributed by atoms with Gasteiger partial charge in [0, 0.05) is 18.6 Å². The molecule has 34 heavy (non-hydrogen) atoms. The minimum atomic E-state index is -0.356. The monoisotopic (exact) mass is 487 g/mol. The molecule has 0 radical (unpaired) electrons. The van der Waals surface area contributed by atoms with Gasteiger partial charge in [-0.05, 0) is 63.3 Å². The van der Waals surface area contributed by atoms with E-state index in [0.29, 0.717) is 31.3 Å². The minimum Gasteiger partial charge on any atom is -0.441 e. The number of rotatable bonds is 9. The molecule has 2 aliphatic rings. The second-order valence-corrected chi connectivity index (χ2v) is 10.1. The van der Waals surface area contributed by atoms with Crippen LogP contribution in [0.15, 0.2) is 41.3 Å². The summed E-state index contributed by atoms with van der Waals surface area (Å²) in [5, 5.41) is -0.291. The molecule has 1 saturated heterocycles. The molecule has 2 aromatic rings. The molecule has 6 nitrogen and oxygen atoms in total. The number of carbonyl (C=O) groups is 2. The number of hydrogen-bond acceptors (Lipinski definition) is 7. The summed E-state index contributed by atoms with van der Waals surface area (Å²) in [5.74, 6) is 0.584. The van der Waals surface area contributed by atoms with Crippen LogP contribution in [0.3, 0.4) is 0 Å². The lowest BCUT2D eigenvalue weighted by Crippen LogP contribution is -2.33. The first-order valence-electron chi connectivity index (χ1n) is 11.7. The van der Waals surface area contributed by atoms with Crippen LogP contribution in [0.1, 0.15) is 50.0 Å². The van der Waals surface area contributed by atoms with Crippen LogP contribution in [0.4, 0.5) is 4.39 Å². The predicted octanol–water partition coefficient (Wildman–Crippen LogP) is 5.43. The third-order valence-electron chi connectivity index (χ3n) is 6.38. The smallest absolute Gasteiger partial charge is 0.226 e. The average molecular weight is 488 g/mol. The van der Waals surface area contributed by atoms with Crippen molar-refractivity contribution in [3.05, 3.63) is 54.2 Å². The van der Waals surface area contributed by atoms with Crippen LogP contribution in [0, 0.1) is 18.7 Å². The number of oxazole rings is 1. The van der Waals surface area contributed by atoms with Crippen LogP contribution in [-0.2, 0) is 25.7 Å². The zero-order valence-electron chi connectivity index (χ0n) is 19.3. The molecular formula is C26H30FNO5S. The molecule has 4 atom stereocenters. The molecule has 4 rings (SSSR count). The third-order valence-corrected chi connectivity index (χ3v) is 7.70. The predicted molar refractivity (Wildman–Crippen MR) is 128 cm³/mol. The summed E-state index contributed by atoms with van der Waals surface area (Å²) in [6.45, 7) is 6.28. The fourth-order valence-corrected chi connectivity index (χ4v) is 5.42. The molecule has 1 aromatic carbocycles. The van der Waals surface area contributed by atoms with Crippen molar-refractivity contribution in [1.82, 2.24) is 4.98 Å². The Balaban J connectivity index is 1.22. The zero-order chi connectivity index (χ0) is 24.1. The summed E-state index contributed by atoms with van der Waals surface area (Å²) in [7, 11) is 0. The lowest BCUT2D eigenvalue weighted by Gasteiger charge is -2.30. The van der Waals surface area contributed by atoms with E-state index in [1.807, 2.05) is 6.92 Å². The number of carbonyl (C=O) groups excluding carboxylic acids is 2. The highest BCUT2D eigenvalue weighted by Gasteiger charge is 2.34. The van der Waals surface area contributed by atoms with Crippen molar-refractivity contribution in [1.29, 1.82) is 0 Å². The van der Waals surface area contributed by atoms with Crippen LogP contribution in [0.25, 0.3) is 11.5 Å². The highest BCUT2D eigenvalue weighted by molar-refractivity contribution is 8.14. The Bertz CT molecular complexity index is 1020. The molecule has 1 aliphatic heterocycles. The number of nitrogens with zero attached hydrogens (tertiary/aromatic N) is 1. The van der Waals surface area contributed by atoms with Crippen molar-refractivity contribution in [2.24, 2.45) is 5.92 Å². The molecule has 0 spiro atoms. The largest absolute Gasteiger partial charge is 0.441 e. The average Bonchev–Trinajstić information content (AvgIpc) is 3.20. The van der Waals surface area contributed by atoms with Crippen LogP contribution in [0.2, 0.25) is 0 Å². The molecule has 0 bridgehead atoms. The summed E-state index contributed by atoms with van der Waals surface area (Å²) < 4.78 is 31.1. The molecule has 2 fully saturated rings. The van der Waals surface area contributed by atoms with Crippen molar-refractivity contribution in [3.63, 3.8) is 0 Å². The number of allylic oxidation sites excluding steroid dienone is 1. The van der Waals surface area contributed by atoms with Gasteiger partial charge in [0.1, 0.15) is 23.1 Å². The molecular weight excluding hydrogens is 457 g/mol. The number of benzene rings is 1. The Morgan fingerprint density at radius 3 is 2.68 bits per heavy atom. The highest BCUT2D eigenvalue weighted by atomic mass is 32.2. The van der Waals surface area contributed by atoms with E-state index in [2.05, 4.69) is 11.6 Å². The Labute approximate surface area is 203 Å². The van der Waals surface area contributed by atoms with E-state index in [0.717, 1.165) is 48.7 Å². The number of hydrogen-bond donors (Lipinski definition) is 0. The van der Waals surface area contributed by atoms with Gasteiger partial charge in [-0.2, -0.15) is 0 Å². The number of Topliss-reactive ketones (excluding diaryl/α,β-unsaturated/α-hetero) is 1. The van der Waals surface area contributed by atoms with Gasteiger partial charge in [-0.15, -0.1) is 6.58 Å². The SMILES string of the molecule is C=CC1CC(=O)C(CCOC2CCCC(OCc3nc(-c4ccc(F)cc4)oc3C)C2)SC1=O. The van der Waals surface area contributed by atoms with Crippen molar-refractivity contribution >= 4 is 22.7 Å². The number of ketones is 1. The zero-order valence-corrected chi connectivity index (χ0v) is 20.2. The normalized spacial score (nSPS) is 25.5. The van der Waals surface area contributed by atoms with E-state index in [4.69, 9.17) is 13.9 Å². The fraction of sp³-hybridized carbons (Fsp3) is 0.500. The Hall–Kier alpha value is -2.29. The molecule has 8 heteroatoms. The molecule has 2 heterocycles. The Morgan fingerprint density at radius 1 is 1.21 bits per heavy atom. The number of thioether (sulfide) groups is 1. The number of halogens is 1. The van der Waals surface area contributed by atoms with Crippen molar-refractivity contribution in [2.45, 2.75) is 69.5 Å². The van der Waals surface area contributed by atoms with Gasteiger partial charge in [-0.25, -0.2) is 9.37 Å². The van der Waals surface area contributed by atoms with E-state index in [1.54, 1.807) is 18.2 Å². The number of ether oxygens (including phenoxy) is 2. The van der Waals surface area contributed by atoms with E-state index < -0.39 is 0 Å². The first-order valence-corrected chi connectivity index (χ1v) is 12.6. The van der Waals surface area contributed by atoms with Gasteiger partial charge in [0.15, 0.2) is 5.12 Å². The van der Waals surface area contributed by atoms with Gasteiger partial charge in [0.2, 0.25) is 5.89 Å². The van der Waals surface area contributed by atoms with Gasteiger partial charge < -0.3 is 13.9 Å². The topological polar surface area (TPSA) is 78.6 Å². The van der Waals surface area contributed by atoms with Crippen molar-refractivity contribution in [2.75, 3.05) is 6.61 Å². The number of aryl methyl sites for hydroxylation is 1. The highest BCUT2D eigenvalue weighted by Crippen LogP contribution is 2.32. The van der Waals surface area contributed by atoms with Gasteiger partial charge in [-0.1, -0.05) is 17.8 Å². The lowest BCUT2D eigenvalue weighted by atomic mass is 9.94. The van der Waals surface area contributed by atoms with E-state index in [9.17, 15) is 14.0 Å². The van der Waals surface area contributed by atoms with Crippen molar-refractivity contribution in [3.8, 4) is 11.5 Å². The van der Waals surface area contributed by atoms with Gasteiger partial charge in [0.25, 0.3) is 0 Å². The van der Waals surface area contributed by atoms with Gasteiger partial charge in [0.05, 0.1) is 30.0 Å². The second-order valence-electron chi connectivity index (χ2n) is 8.85. The first-order chi connectivity index (χ1) is 16.4. The van der Waals surface area contributed by atoms with E-state index in [-0.39, 0.29) is 46.5 Å². The summed E-state index contributed by atoms with van der Waals surface area (Å²) in [5.41, 5.74) is 1.45. The molecule has 1 aromatic heterocycles. The van der Waals surface area contributed by atoms with Crippen molar-refractivity contribution < 1.29 is 27.9 Å². The number of aromatic nitrogens is 1. The molecule has 1 saturated carbocycles. The molecule has 0 amide bonds. The van der Waals surface area contributed by atoms with Crippen LogP contribution in [-0.4, -0.2) is 39.9 Å². The first kappa shape index (κ1) is 24.8. The summed E-state index contributed by atoms with van der Waals surface area (Å²) in [4.78, 5) is 28.8. The summed E-state index contributed by atoms with van der Waals surface area (Å²) in [6.07, 6.45) is 6.20. The maximum absolute atomic E-state index is 13.2. The van der Waals surface area contributed by atoms with E-state index >= 15 is 0 Å². The van der Waals surface area contributed by atoms with Gasteiger partial charge in [-0.3, -0.25) is 9.59 Å². The standard InChI is InChI=1S/C26H30FNO5S/c1-3-17-13-23(29)24(34-26(17)30)11-12-31-20-5-4-6-21(14-20)32-15-22-16(2)33-25(28-22)18-7-9-19(27)10-8-18/h3,7-10,17,20-21,24H,1,4-6,11-15H2,2H3. The molecule has 0 N–H and O–H groups in total. The molecule has 1 aliphatic carbocycles. The van der Waals surface area contributed by atoms with Gasteiger partial charge >= 0.3 is 0 Å². The molecule has 4 unspecified atom stereocenters. The maximum Gasteiger partial charge on any atom is 0.226 e. The summed E-state index contributed by atoms with van der Waals surface area (Å²) >= 11 is 1.12. The lowest BCUT2D eigenvalue weighted by molar-refractivity contribution is -0.124. The second kappa shape index (κ2) is 11.4. The summed E-state index contributed by atoms with van der Waals surface area (Å²) in [6, 6.07) is 6.04. The molecule has 182 valence electrons. The third kappa shape index (κ3) is 6.23. The Kier molecular flexibility index (Phi) is 8.34. The Morgan fingerprint density at radius 2 is 1.94 bits per heavy atom.